The lowest BCUT2D eigenvalue weighted by atomic mass is 10.1. The number of anilines is 2. The molecular formula is C20H22N4O3. The summed E-state index contributed by atoms with van der Waals surface area (Å²) in [6.07, 6.45) is 1.66. The molecule has 0 spiro atoms. The van der Waals surface area contributed by atoms with E-state index in [1.54, 1.807) is 22.1 Å². The van der Waals surface area contributed by atoms with Crippen molar-refractivity contribution in [2.75, 3.05) is 55.7 Å². The van der Waals surface area contributed by atoms with Crippen molar-refractivity contribution in [2.45, 2.75) is 0 Å². The number of hydrogen-bond acceptors (Lipinski definition) is 5. The quantitative estimate of drug-likeness (QED) is 0.822. The highest BCUT2D eigenvalue weighted by molar-refractivity contribution is 6.01. The first-order valence-electron chi connectivity index (χ1n) is 9.16. The van der Waals surface area contributed by atoms with Crippen molar-refractivity contribution in [3.8, 4) is 0 Å². The fourth-order valence-corrected chi connectivity index (χ4v) is 3.42. The van der Waals surface area contributed by atoms with Crippen LogP contribution < -0.4 is 9.80 Å². The molecule has 2 amide bonds. The molecule has 0 atom stereocenters. The highest BCUT2D eigenvalue weighted by Crippen LogP contribution is 2.19. The van der Waals surface area contributed by atoms with E-state index in [-0.39, 0.29) is 18.4 Å². The van der Waals surface area contributed by atoms with Gasteiger partial charge in [-0.1, -0.05) is 6.07 Å². The van der Waals surface area contributed by atoms with Crippen LogP contribution in [0.15, 0.2) is 48.7 Å². The summed E-state index contributed by atoms with van der Waals surface area (Å²) in [5.41, 5.74) is 1.69. The van der Waals surface area contributed by atoms with Crippen LogP contribution in [0.4, 0.5) is 11.5 Å². The number of pyridine rings is 1. The number of morpholine rings is 1. The molecule has 0 unspecified atom stereocenters. The SMILES string of the molecule is O=C(c1ccc(N2CCOCC2)cc1)N1CCN(c2ccccn2)C(=O)C1. The summed E-state index contributed by atoms with van der Waals surface area (Å²) >= 11 is 0. The molecule has 2 fully saturated rings. The van der Waals surface area contributed by atoms with E-state index in [0.717, 1.165) is 32.0 Å². The van der Waals surface area contributed by atoms with E-state index < -0.39 is 0 Å². The molecule has 1 aromatic heterocycles. The second-order valence-electron chi connectivity index (χ2n) is 6.61. The van der Waals surface area contributed by atoms with Crippen LogP contribution in [-0.2, 0) is 9.53 Å². The molecular weight excluding hydrogens is 344 g/mol. The van der Waals surface area contributed by atoms with Crippen molar-refractivity contribution < 1.29 is 14.3 Å². The molecule has 1 aromatic carbocycles. The van der Waals surface area contributed by atoms with Gasteiger partial charge in [-0.15, -0.1) is 0 Å². The Morgan fingerprint density at radius 3 is 2.41 bits per heavy atom. The molecule has 3 heterocycles. The molecule has 2 aromatic rings. The van der Waals surface area contributed by atoms with Crippen molar-refractivity contribution in [1.82, 2.24) is 9.88 Å². The van der Waals surface area contributed by atoms with Crippen molar-refractivity contribution in [1.29, 1.82) is 0 Å². The fourth-order valence-electron chi connectivity index (χ4n) is 3.42. The van der Waals surface area contributed by atoms with Gasteiger partial charge >= 0.3 is 0 Å². The van der Waals surface area contributed by atoms with Crippen molar-refractivity contribution >= 4 is 23.3 Å². The standard InChI is InChI=1S/C20H22N4O3/c25-19-15-23(9-10-24(19)18-3-1-2-8-21-18)20(26)16-4-6-17(7-5-16)22-11-13-27-14-12-22/h1-8H,9-15H2. The summed E-state index contributed by atoms with van der Waals surface area (Å²) in [6, 6.07) is 13.1. The van der Waals surface area contributed by atoms with E-state index in [1.807, 2.05) is 36.4 Å². The van der Waals surface area contributed by atoms with E-state index in [9.17, 15) is 9.59 Å². The molecule has 7 heteroatoms. The number of benzene rings is 1. The van der Waals surface area contributed by atoms with Gasteiger partial charge in [-0.05, 0) is 36.4 Å². The van der Waals surface area contributed by atoms with Gasteiger partial charge < -0.3 is 14.5 Å². The number of carbonyl (C=O) groups excluding carboxylic acids is 2. The molecule has 0 bridgehead atoms. The molecule has 2 aliphatic rings. The van der Waals surface area contributed by atoms with E-state index in [2.05, 4.69) is 9.88 Å². The Bertz CT molecular complexity index is 804. The smallest absolute Gasteiger partial charge is 0.254 e. The molecule has 2 aliphatic heterocycles. The minimum absolute atomic E-state index is 0.0701. The van der Waals surface area contributed by atoms with Crippen LogP contribution in [0.5, 0.6) is 0 Å². The van der Waals surface area contributed by atoms with Crippen LogP contribution in [0.2, 0.25) is 0 Å². The van der Waals surface area contributed by atoms with Gasteiger partial charge in [0.05, 0.1) is 13.2 Å². The number of nitrogens with zero attached hydrogens (tertiary/aromatic N) is 4. The van der Waals surface area contributed by atoms with Crippen LogP contribution >= 0.6 is 0 Å². The number of rotatable bonds is 3. The lowest BCUT2D eigenvalue weighted by molar-refractivity contribution is -0.120. The molecule has 7 nitrogen and oxygen atoms in total. The minimum atomic E-state index is -0.113. The largest absolute Gasteiger partial charge is 0.378 e. The Hall–Kier alpha value is -2.93. The Morgan fingerprint density at radius 1 is 0.963 bits per heavy atom. The van der Waals surface area contributed by atoms with Crippen molar-refractivity contribution in [3.05, 3.63) is 54.2 Å². The third-order valence-electron chi connectivity index (χ3n) is 4.92. The number of ether oxygens (including phenoxy) is 1. The lowest BCUT2D eigenvalue weighted by Gasteiger charge is -2.34. The second kappa shape index (κ2) is 7.75. The summed E-state index contributed by atoms with van der Waals surface area (Å²) in [5, 5.41) is 0. The van der Waals surface area contributed by atoms with Gasteiger partial charge in [0.15, 0.2) is 0 Å². The van der Waals surface area contributed by atoms with Crippen molar-refractivity contribution in [2.24, 2.45) is 0 Å². The first-order chi connectivity index (χ1) is 13.2. The number of carbonyl (C=O) groups is 2. The minimum Gasteiger partial charge on any atom is -0.378 e. The Kier molecular flexibility index (Phi) is 5.02. The zero-order valence-corrected chi connectivity index (χ0v) is 15.1. The van der Waals surface area contributed by atoms with Crippen LogP contribution in [0, 0.1) is 0 Å². The first-order valence-corrected chi connectivity index (χ1v) is 9.16. The molecule has 4 rings (SSSR count). The van der Waals surface area contributed by atoms with Gasteiger partial charge in [0.1, 0.15) is 12.4 Å². The zero-order chi connectivity index (χ0) is 18.6. The third-order valence-corrected chi connectivity index (χ3v) is 4.92. The normalized spacial score (nSPS) is 17.9. The Balaban J connectivity index is 1.40. The molecule has 0 saturated carbocycles. The van der Waals surface area contributed by atoms with E-state index in [0.29, 0.717) is 24.5 Å². The maximum absolute atomic E-state index is 12.8. The van der Waals surface area contributed by atoms with Gasteiger partial charge in [-0.2, -0.15) is 0 Å². The molecule has 2 saturated heterocycles. The highest BCUT2D eigenvalue weighted by atomic mass is 16.5. The average Bonchev–Trinajstić information content (AvgIpc) is 2.74. The molecule has 27 heavy (non-hydrogen) atoms. The Labute approximate surface area is 158 Å². The van der Waals surface area contributed by atoms with Gasteiger partial charge in [-0.25, -0.2) is 4.98 Å². The van der Waals surface area contributed by atoms with Crippen LogP contribution in [0.3, 0.4) is 0 Å². The van der Waals surface area contributed by atoms with Crippen LogP contribution in [0.1, 0.15) is 10.4 Å². The topological polar surface area (TPSA) is 66.0 Å². The number of hydrogen-bond donors (Lipinski definition) is 0. The molecule has 0 aliphatic carbocycles. The van der Waals surface area contributed by atoms with Gasteiger partial charge in [-0.3, -0.25) is 14.5 Å². The van der Waals surface area contributed by atoms with Gasteiger partial charge in [0.2, 0.25) is 5.91 Å². The first kappa shape index (κ1) is 17.5. The predicted octanol–water partition coefficient (Wildman–Crippen LogP) is 1.41. The average molecular weight is 366 g/mol. The zero-order valence-electron chi connectivity index (χ0n) is 15.1. The predicted molar refractivity (Wildman–Crippen MR) is 102 cm³/mol. The molecule has 0 N–H and O–H groups in total. The summed E-state index contributed by atoms with van der Waals surface area (Å²) in [6.45, 7) is 4.18. The van der Waals surface area contributed by atoms with E-state index in [1.165, 1.54) is 0 Å². The van der Waals surface area contributed by atoms with E-state index >= 15 is 0 Å². The van der Waals surface area contributed by atoms with Gasteiger partial charge in [0.25, 0.3) is 5.91 Å². The maximum atomic E-state index is 12.8. The summed E-state index contributed by atoms with van der Waals surface area (Å²) in [4.78, 5) is 35.0. The second-order valence-corrected chi connectivity index (χ2v) is 6.61. The lowest BCUT2D eigenvalue weighted by Crippen LogP contribution is -2.52. The van der Waals surface area contributed by atoms with Crippen molar-refractivity contribution in [3.63, 3.8) is 0 Å². The number of piperazine rings is 1. The highest BCUT2D eigenvalue weighted by Gasteiger charge is 2.29. The van der Waals surface area contributed by atoms with Crippen LogP contribution in [-0.4, -0.2) is 67.6 Å². The third kappa shape index (κ3) is 3.78. The maximum Gasteiger partial charge on any atom is 0.254 e. The molecule has 0 radical (unpaired) electrons. The number of amides is 2. The summed E-state index contributed by atoms with van der Waals surface area (Å²) < 4.78 is 5.37. The summed E-state index contributed by atoms with van der Waals surface area (Å²) in [7, 11) is 0. The van der Waals surface area contributed by atoms with E-state index in [4.69, 9.17) is 4.74 Å². The summed E-state index contributed by atoms with van der Waals surface area (Å²) in [5.74, 6) is 0.403. The number of aromatic nitrogens is 1. The monoisotopic (exact) mass is 366 g/mol. The van der Waals surface area contributed by atoms with Gasteiger partial charge in [0, 0.05) is 43.6 Å². The molecule has 140 valence electrons. The fraction of sp³-hybridized carbons (Fsp3) is 0.350. The Morgan fingerprint density at radius 2 is 1.74 bits per heavy atom. The van der Waals surface area contributed by atoms with Crippen LogP contribution in [0.25, 0.3) is 0 Å².